The Hall–Kier alpha value is -2.05. The van der Waals surface area contributed by atoms with E-state index in [0.29, 0.717) is 5.82 Å². The molecule has 0 radical (unpaired) electrons. The summed E-state index contributed by atoms with van der Waals surface area (Å²) in [5.41, 5.74) is 2.10. The Labute approximate surface area is 78.7 Å². The molecule has 74 valence electrons. The van der Waals surface area contributed by atoms with Crippen molar-refractivity contribution < 1.29 is 0 Å². The summed E-state index contributed by atoms with van der Waals surface area (Å²) < 4.78 is 0.981. The van der Waals surface area contributed by atoms with Gasteiger partial charge in [0.15, 0.2) is 11.5 Å². The fourth-order valence-corrected chi connectivity index (χ4v) is 1.20. The first-order chi connectivity index (χ1) is 6.61. The number of hydrazine groups is 1. The molecule has 1 aromatic heterocycles. The van der Waals surface area contributed by atoms with Crippen LogP contribution in [0.2, 0.25) is 0 Å². The second-order valence-corrected chi connectivity index (χ2v) is 2.94. The molecule has 2 heterocycles. The quantitative estimate of drug-likeness (QED) is 0.538. The molecule has 14 heavy (non-hydrogen) atoms. The van der Waals surface area contributed by atoms with Gasteiger partial charge in [-0.3, -0.25) is 24.8 Å². The number of hydrogen-bond donors (Lipinski definition) is 2. The number of aliphatic imine (C=N–C) groups is 1. The van der Waals surface area contributed by atoms with Crippen molar-refractivity contribution in [2.75, 3.05) is 12.1 Å². The molecule has 0 saturated heterocycles. The van der Waals surface area contributed by atoms with E-state index in [1.54, 1.807) is 7.05 Å². The van der Waals surface area contributed by atoms with Gasteiger partial charge in [0.25, 0.3) is 5.56 Å². The topological polar surface area (TPSA) is 82.5 Å². The van der Waals surface area contributed by atoms with E-state index >= 15 is 0 Å². The van der Waals surface area contributed by atoms with E-state index in [1.165, 1.54) is 18.4 Å². The lowest BCUT2D eigenvalue weighted by atomic mass is 10.4. The molecule has 0 saturated carbocycles. The Bertz CT molecular complexity index is 512. The fraction of sp³-hybridized carbons (Fsp3) is 0.286. The third-order valence-electron chi connectivity index (χ3n) is 2.04. The average Bonchev–Trinajstić information content (AvgIpc) is 2.17. The van der Waals surface area contributed by atoms with Gasteiger partial charge in [-0.1, -0.05) is 0 Å². The minimum atomic E-state index is -0.459. The third kappa shape index (κ3) is 1.02. The molecule has 0 amide bonds. The number of anilines is 1. The summed E-state index contributed by atoms with van der Waals surface area (Å²) in [6.07, 6.45) is 1.39. The highest BCUT2D eigenvalue weighted by atomic mass is 16.2. The van der Waals surface area contributed by atoms with Gasteiger partial charge in [0, 0.05) is 14.1 Å². The van der Waals surface area contributed by atoms with Gasteiger partial charge >= 0.3 is 5.69 Å². The number of rotatable bonds is 0. The van der Waals surface area contributed by atoms with E-state index in [0.717, 1.165) is 4.57 Å². The smallest absolute Gasteiger partial charge is 0.290 e. The maximum absolute atomic E-state index is 11.6. The van der Waals surface area contributed by atoms with Crippen molar-refractivity contribution in [1.82, 2.24) is 15.0 Å². The molecule has 2 rings (SSSR count). The molecule has 0 spiro atoms. The summed E-state index contributed by atoms with van der Waals surface area (Å²) in [5, 5.41) is 1.52. The van der Waals surface area contributed by atoms with Crippen LogP contribution in [-0.4, -0.2) is 22.9 Å². The molecule has 7 nitrogen and oxygen atoms in total. The van der Waals surface area contributed by atoms with Crippen molar-refractivity contribution in [3.63, 3.8) is 0 Å². The summed E-state index contributed by atoms with van der Waals surface area (Å²) in [4.78, 5) is 29.2. The molecule has 1 aliphatic rings. The monoisotopic (exact) mass is 195 g/mol. The lowest BCUT2D eigenvalue weighted by Gasteiger charge is -2.22. The normalized spacial score (nSPS) is 13.7. The van der Waals surface area contributed by atoms with E-state index in [1.807, 2.05) is 0 Å². The summed E-state index contributed by atoms with van der Waals surface area (Å²) in [5.74, 6) is 0.376. The number of nitrogens with one attached hydrogen (secondary N) is 2. The lowest BCUT2D eigenvalue weighted by molar-refractivity contribution is 0.749. The molecule has 1 aliphatic heterocycles. The predicted molar refractivity (Wildman–Crippen MR) is 52.0 cm³/mol. The Balaban J connectivity index is 2.85. The number of aromatic nitrogens is 2. The molecule has 1 aromatic rings. The molecule has 0 atom stereocenters. The number of fused-ring (bicyclic) bond motifs is 1. The Morgan fingerprint density at radius 2 is 2.07 bits per heavy atom. The molecule has 0 aromatic carbocycles. The van der Waals surface area contributed by atoms with Gasteiger partial charge in [0.05, 0.1) is 0 Å². The Kier molecular flexibility index (Phi) is 1.66. The fourth-order valence-electron chi connectivity index (χ4n) is 1.20. The molecule has 0 bridgehead atoms. The van der Waals surface area contributed by atoms with Crippen LogP contribution in [0.4, 0.5) is 11.5 Å². The van der Waals surface area contributed by atoms with E-state index in [-0.39, 0.29) is 5.69 Å². The van der Waals surface area contributed by atoms with Gasteiger partial charge in [0.1, 0.15) is 6.34 Å². The molecule has 0 unspecified atom stereocenters. The maximum Gasteiger partial charge on any atom is 0.329 e. The van der Waals surface area contributed by atoms with Crippen LogP contribution in [0.15, 0.2) is 14.6 Å². The van der Waals surface area contributed by atoms with Crippen LogP contribution >= 0.6 is 0 Å². The van der Waals surface area contributed by atoms with E-state index < -0.39 is 11.2 Å². The first-order valence-corrected chi connectivity index (χ1v) is 3.97. The lowest BCUT2D eigenvalue weighted by Crippen LogP contribution is -2.42. The molecule has 2 N–H and O–H groups in total. The number of H-pyrrole nitrogens is 1. The summed E-state index contributed by atoms with van der Waals surface area (Å²) in [6.45, 7) is 0. The first-order valence-electron chi connectivity index (χ1n) is 3.97. The van der Waals surface area contributed by atoms with Crippen molar-refractivity contribution >= 4 is 17.8 Å². The van der Waals surface area contributed by atoms with Crippen molar-refractivity contribution in [3.8, 4) is 0 Å². The molecular formula is C7H9N5O2. The summed E-state index contributed by atoms with van der Waals surface area (Å²) >= 11 is 0. The second-order valence-electron chi connectivity index (χ2n) is 2.94. The van der Waals surface area contributed by atoms with Crippen molar-refractivity contribution in [2.45, 2.75) is 0 Å². The standard InChI is InChI=1S/C7H9N5O2/c1-11-6(13)4-5(10-7(11)14)12(2)9-3-8-4/h3H,1-2H3,(H,8,9)(H,10,14). The Morgan fingerprint density at radius 3 is 2.79 bits per heavy atom. The summed E-state index contributed by atoms with van der Waals surface area (Å²) in [7, 11) is 3.08. The van der Waals surface area contributed by atoms with Crippen LogP contribution in [0, 0.1) is 0 Å². The van der Waals surface area contributed by atoms with E-state index in [2.05, 4.69) is 15.4 Å². The third-order valence-corrected chi connectivity index (χ3v) is 2.04. The van der Waals surface area contributed by atoms with Crippen LogP contribution in [0.1, 0.15) is 0 Å². The van der Waals surface area contributed by atoms with Crippen molar-refractivity contribution in [1.29, 1.82) is 0 Å². The zero-order valence-corrected chi connectivity index (χ0v) is 7.74. The zero-order chi connectivity index (χ0) is 10.3. The highest BCUT2D eigenvalue weighted by molar-refractivity contribution is 5.74. The Morgan fingerprint density at radius 1 is 1.36 bits per heavy atom. The van der Waals surface area contributed by atoms with Crippen LogP contribution in [0.3, 0.4) is 0 Å². The van der Waals surface area contributed by atoms with Gasteiger partial charge < -0.3 is 0 Å². The average molecular weight is 195 g/mol. The summed E-state index contributed by atoms with van der Waals surface area (Å²) in [6, 6.07) is 0. The highest BCUT2D eigenvalue weighted by Crippen LogP contribution is 2.19. The number of nitrogens with zero attached hydrogens (tertiary/aromatic N) is 3. The largest absolute Gasteiger partial charge is 0.329 e. The minimum Gasteiger partial charge on any atom is -0.290 e. The molecule has 7 heteroatoms. The zero-order valence-electron chi connectivity index (χ0n) is 7.74. The molecular weight excluding hydrogens is 186 g/mol. The van der Waals surface area contributed by atoms with Gasteiger partial charge in [-0.25, -0.2) is 9.79 Å². The predicted octanol–water partition coefficient (Wildman–Crippen LogP) is -1.31. The van der Waals surface area contributed by atoms with E-state index in [4.69, 9.17) is 0 Å². The van der Waals surface area contributed by atoms with Gasteiger partial charge in [-0.15, -0.1) is 0 Å². The van der Waals surface area contributed by atoms with Gasteiger partial charge in [0.2, 0.25) is 0 Å². The van der Waals surface area contributed by atoms with Gasteiger partial charge in [-0.2, -0.15) is 0 Å². The minimum absolute atomic E-state index is 0.230. The van der Waals surface area contributed by atoms with Crippen LogP contribution < -0.4 is 21.7 Å². The van der Waals surface area contributed by atoms with Crippen molar-refractivity contribution in [2.24, 2.45) is 12.0 Å². The van der Waals surface area contributed by atoms with E-state index in [9.17, 15) is 9.59 Å². The van der Waals surface area contributed by atoms with Crippen LogP contribution in [0.25, 0.3) is 0 Å². The maximum atomic E-state index is 11.6. The number of hydrogen-bond acceptors (Lipinski definition) is 5. The van der Waals surface area contributed by atoms with Gasteiger partial charge in [-0.05, 0) is 0 Å². The van der Waals surface area contributed by atoms with Crippen molar-refractivity contribution in [3.05, 3.63) is 20.8 Å². The van der Waals surface area contributed by atoms with Crippen LogP contribution in [-0.2, 0) is 7.05 Å². The first kappa shape index (κ1) is 8.54. The SMILES string of the molecule is CN1NC=Nc2c1[nH]c(=O)n(C)c2=O. The van der Waals surface area contributed by atoms with Crippen LogP contribution in [0.5, 0.6) is 0 Å². The molecule has 0 fully saturated rings. The second kappa shape index (κ2) is 2.72. The highest BCUT2D eigenvalue weighted by Gasteiger charge is 2.16. The molecule has 0 aliphatic carbocycles. The number of aromatic amines is 1.